The first kappa shape index (κ1) is 43.1. The molecular weight excluding hydrogens is 882 g/mol. The van der Waals surface area contributed by atoms with E-state index in [4.69, 9.17) is 39.9 Å². The third-order valence-corrected chi connectivity index (χ3v) is 9.69. The van der Waals surface area contributed by atoms with Crippen LogP contribution in [0.3, 0.4) is 0 Å². The van der Waals surface area contributed by atoms with Gasteiger partial charge in [0.2, 0.25) is 0 Å². The number of rotatable bonds is 8. The van der Waals surface area contributed by atoms with Crippen molar-refractivity contribution >= 4 is 131 Å². The molecule has 0 radical (unpaired) electrons. The van der Waals surface area contributed by atoms with Crippen LogP contribution >= 0.6 is 23.2 Å². The Morgan fingerprint density at radius 1 is 0.444 bits per heavy atom. The maximum absolute atomic E-state index is 12.2. The Labute approximate surface area is 379 Å². The molecule has 0 spiro atoms. The van der Waals surface area contributed by atoms with Crippen LogP contribution in [0.5, 0.6) is 23.0 Å². The van der Waals surface area contributed by atoms with E-state index in [1.807, 2.05) is 0 Å². The summed E-state index contributed by atoms with van der Waals surface area (Å²) in [6, 6.07) is 12.9. The smallest absolute Gasteiger partial charge is 0.360 e. The fourth-order valence-corrected chi connectivity index (χ4v) is 8.02. The number of fused-ring (bicyclic) bond motifs is 8. The van der Waals surface area contributed by atoms with Crippen molar-refractivity contribution in [2.24, 2.45) is 0 Å². The van der Waals surface area contributed by atoms with E-state index >= 15 is 0 Å². The Bertz CT molecular complexity index is 2860. The van der Waals surface area contributed by atoms with Crippen LogP contribution in [0, 0.1) is 0 Å². The minimum atomic E-state index is -5.30. The topological polar surface area (TPSA) is 278 Å². The molecule has 0 amide bonds. The fraction of sp³-hybridized carbons (Fsp3) is 0. The first-order chi connectivity index (χ1) is 24.1. The van der Waals surface area contributed by atoms with E-state index in [0.29, 0.717) is 0 Å². The molecule has 7 rings (SSSR count). The summed E-state index contributed by atoms with van der Waals surface area (Å²) in [4.78, 5) is 0. The van der Waals surface area contributed by atoms with Crippen molar-refractivity contribution in [3.05, 3.63) is 70.7 Å². The molecule has 0 unspecified atom stereocenters. The van der Waals surface area contributed by atoms with Gasteiger partial charge in [0.25, 0.3) is 0 Å². The molecule has 54 heavy (non-hydrogen) atoms. The zero-order valence-corrected chi connectivity index (χ0v) is 36.8. The van der Waals surface area contributed by atoms with Crippen LogP contribution in [0.25, 0.3) is 43.1 Å². The van der Waals surface area contributed by atoms with Crippen molar-refractivity contribution in [2.75, 3.05) is 10.6 Å². The molecule has 0 saturated heterocycles. The van der Waals surface area contributed by atoms with Crippen molar-refractivity contribution < 1.29 is 150 Å². The summed E-state index contributed by atoms with van der Waals surface area (Å²) in [7, 11) is -21.1. The fourth-order valence-electron chi connectivity index (χ4n) is 5.97. The number of benzene rings is 6. The van der Waals surface area contributed by atoms with Crippen LogP contribution in [0.1, 0.15) is 0 Å². The third kappa shape index (κ3) is 8.34. The van der Waals surface area contributed by atoms with Crippen molar-refractivity contribution in [1.82, 2.24) is 0 Å². The molecule has 0 fully saturated rings. The predicted molar refractivity (Wildman–Crippen MR) is 188 cm³/mol. The summed E-state index contributed by atoms with van der Waals surface area (Å²) in [5, 5.41) is 3.42. The van der Waals surface area contributed by atoms with Crippen LogP contribution in [-0.2, 0) is 41.6 Å². The van der Waals surface area contributed by atoms with Gasteiger partial charge in [-0.2, -0.15) is 33.7 Å². The van der Waals surface area contributed by atoms with E-state index in [1.165, 1.54) is 48.5 Å². The molecule has 6 aromatic rings. The van der Waals surface area contributed by atoms with Gasteiger partial charge in [0.05, 0.1) is 43.6 Å². The molecule has 0 bridgehead atoms. The predicted octanol–water partition coefficient (Wildman–Crippen LogP) is 0.141. The largest absolute Gasteiger partial charge is 1.00 e. The molecule has 1 aliphatic rings. The Balaban J connectivity index is 0.00000280. The minimum absolute atomic E-state index is 0. The minimum Gasteiger partial charge on any atom is -0.360 e. The second kappa shape index (κ2) is 15.1. The number of hydrogen-bond donors (Lipinski definition) is 6. The van der Waals surface area contributed by atoms with Gasteiger partial charge in [-0.15, -0.1) is 0 Å². The van der Waals surface area contributed by atoms with Gasteiger partial charge >= 0.3 is 123 Å². The van der Waals surface area contributed by atoms with Gasteiger partial charge in [-0.05, 0) is 12.1 Å². The van der Waals surface area contributed by atoms with E-state index in [9.17, 15) is 51.9 Å². The molecule has 0 atom stereocenters. The molecule has 6 aromatic carbocycles. The van der Waals surface area contributed by atoms with E-state index in [0.717, 1.165) is 12.1 Å². The number of hydrogen-bond acceptors (Lipinski definition) is 14. The molecule has 18 nitrogen and oxygen atoms in total. The molecular formula is C28H16Cl2KN2NaO16S4+2. The van der Waals surface area contributed by atoms with Crippen LogP contribution in [0.4, 0.5) is 22.7 Å². The van der Waals surface area contributed by atoms with Gasteiger partial charge in [0.15, 0.2) is 23.0 Å². The second-order valence-corrected chi connectivity index (χ2v) is 15.7. The average Bonchev–Trinajstić information content (AvgIpc) is 3.01. The molecule has 26 heteroatoms. The standard InChI is InChI=1S/C28H16Cl2N2O16S4.K.Na/c29-17-9-15-19(27(47-51(39,40)41)13-7-3-1-5-11(13)25(15)45-49(33,34)35)23-21(17)32-24-20-16(10-18(30)22(24)31-23)26(46-50(36,37)38)12-6-2-4-8-14(12)28(20)48-52(42,43)44;;/h1-10,31-32H,(H,33,34,35)(H,36,37,38)(H,39,40,41)(H,42,43,44);;/q;2*+1. The van der Waals surface area contributed by atoms with Crippen LogP contribution in [0.2, 0.25) is 10.0 Å². The Morgan fingerprint density at radius 2 is 0.704 bits per heavy atom. The van der Waals surface area contributed by atoms with Crippen molar-refractivity contribution in [1.29, 1.82) is 0 Å². The monoisotopic (exact) mass is 896 g/mol. The first-order valence-corrected chi connectivity index (χ1v) is 20.0. The first-order valence-electron chi connectivity index (χ1n) is 13.7. The van der Waals surface area contributed by atoms with Gasteiger partial charge in [0, 0.05) is 32.3 Å². The van der Waals surface area contributed by atoms with Gasteiger partial charge in [-0.25, -0.2) is 0 Å². The van der Waals surface area contributed by atoms with Crippen molar-refractivity contribution in [2.45, 2.75) is 0 Å². The van der Waals surface area contributed by atoms with Crippen LogP contribution in [-0.4, -0.2) is 51.9 Å². The summed E-state index contributed by atoms with van der Waals surface area (Å²) in [5.41, 5.74) is -0.787. The average molecular weight is 898 g/mol. The summed E-state index contributed by atoms with van der Waals surface area (Å²) in [5.74, 6) is -2.30. The van der Waals surface area contributed by atoms with Gasteiger partial charge in [-0.1, -0.05) is 71.7 Å². The molecule has 0 saturated carbocycles. The molecule has 6 N–H and O–H groups in total. The number of halogens is 2. The zero-order valence-electron chi connectivity index (χ0n) is 26.9. The Kier molecular flexibility index (Phi) is 12.0. The Hall–Kier alpha value is -1.98. The molecule has 272 valence electrons. The molecule has 1 aliphatic heterocycles. The summed E-state index contributed by atoms with van der Waals surface area (Å²) in [6.45, 7) is 0. The van der Waals surface area contributed by atoms with Gasteiger partial charge in [-0.3, -0.25) is 18.2 Å². The van der Waals surface area contributed by atoms with Gasteiger partial charge < -0.3 is 27.4 Å². The second-order valence-electron chi connectivity index (χ2n) is 10.8. The zero-order chi connectivity index (χ0) is 37.7. The maximum atomic E-state index is 12.2. The summed E-state index contributed by atoms with van der Waals surface area (Å²) >= 11 is 13.4. The third-order valence-electron chi connectivity index (χ3n) is 7.59. The summed E-state index contributed by atoms with van der Waals surface area (Å²) in [6.07, 6.45) is 0. The quantitative estimate of drug-likeness (QED) is 0.0672. The van der Waals surface area contributed by atoms with Gasteiger partial charge in [0.1, 0.15) is 0 Å². The molecule has 0 aliphatic carbocycles. The Morgan fingerprint density at radius 3 is 0.981 bits per heavy atom. The summed E-state index contributed by atoms with van der Waals surface area (Å²) < 4.78 is 155. The van der Waals surface area contributed by atoms with E-state index in [1.54, 1.807) is 0 Å². The number of nitrogens with one attached hydrogen (secondary N) is 2. The van der Waals surface area contributed by atoms with E-state index in [-0.39, 0.29) is 157 Å². The van der Waals surface area contributed by atoms with Crippen molar-refractivity contribution in [3.8, 4) is 23.0 Å². The molecule has 0 aromatic heterocycles. The number of anilines is 4. The maximum Gasteiger partial charge on any atom is 1.00 e. The van der Waals surface area contributed by atoms with Crippen molar-refractivity contribution in [3.63, 3.8) is 0 Å². The van der Waals surface area contributed by atoms with E-state index in [2.05, 4.69) is 10.6 Å². The molecule has 1 heterocycles. The normalized spacial score (nSPS) is 12.9. The van der Waals surface area contributed by atoms with Crippen LogP contribution < -0.4 is 108 Å². The van der Waals surface area contributed by atoms with E-state index < -0.39 is 64.6 Å². The SMILES string of the molecule is O=S(=O)(O)Oc1c2ccccc2c(OS(=O)(=O)O)c2c3c(c(Cl)cc12)Nc1c(c(Cl)cc2c(OS(=O)(=O)O)c4ccccc4c(OS(=O)(=O)O)c12)N3.[K+].[Na+]. The van der Waals surface area contributed by atoms with Crippen LogP contribution in [0.15, 0.2) is 60.7 Å².